The number of nitrogens with zero attached hydrogens (tertiary/aromatic N) is 3. The third kappa shape index (κ3) is 5.22. The highest BCUT2D eigenvalue weighted by molar-refractivity contribution is 5.83. The molecule has 0 bridgehead atoms. The van der Waals surface area contributed by atoms with Gasteiger partial charge in [-0.2, -0.15) is 0 Å². The van der Waals surface area contributed by atoms with Crippen LogP contribution in [0.3, 0.4) is 0 Å². The summed E-state index contributed by atoms with van der Waals surface area (Å²) in [5.74, 6) is 0.573. The van der Waals surface area contributed by atoms with Crippen LogP contribution in [-0.2, 0) is 22.4 Å². The van der Waals surface area contributed by atoms with Crippen LogP contribution in [0.1, 0.15) is 11.1 Å². The number of benzene rings is 2. The third-order valence-electron chi connectivity index (χ3n) is 6.18. The smallest absolute Gasteiger partial charge is 0.227 e. The SMILES string of the molecule is COc1ccccc1-c1ccccc1CC1CN(C(=O)Cc2cccnc2)CCN(C)C1=O. The van der Waals surface area contributed by atoms with Gasteiger partial charge in [0.15, 0.2) is 0 Å². The largest absolute Gasteiger partial charge is 0.496 e. The maximum absolute atomic E-state index is 13.2. The zero-order chi connectivity index (χ0) is 23.2. The summed E-state index contributed by atoms with van der Waals surface area (Å²) in [6.07, 6.45) is 4.25. The molecule has 0 aliphatic carbocycles. The zero-order valence-electron chi connectivity index (χ0n) is 19.1. The molecule has 0 N–H and O–H groups in total. The molecule has 0 saturated carbocycles. The fourth-order valence-electron chi connectivity index (χ4n) is 4.39. The molecule has 2 aromatic carbocycles. The van der Waals surface area contributed by atoms with E-state index in [1.54, 1.807) is 24.4 Å². The predicted octanol–water partition coefficient (Wildman–Crippen LogP) is 3.46. The molecule has 4 rings (SSSR count). The topological polar surface area (TPSA) is 62.7 Å². The van der Waals surface area contributed by atoms with Crippen molar-refractivity contribution in [2.24, 2.45) is 5.92 Å². The van der Waals surface area contributed by atoms with Crippen molar-refractivity contribution < 1.29 is 14.3 Å². The summed E-state index contributed by atoms with van der Waals surface area (Å²) in [6, 6.07) is 19.7. The van der Waals surface area contributed by atoms with Gasteiger partial charge in [-0.25, -0.2) is 0 Å². The van der Waals surface area contributed by atoms with Crippen molar-refractivity contribution in [2.75, 3.05) is 33.8 Å². The summed E-state index contributed by atoms with van der Waals surface area (Å²) in [4.78, 5) is 33.9. The van der Waals surface area contributed by atoms with Crippen LogP contribution in [0.5, 0.6) is 5.75 Å². The molecule has 6 nitrogen and oxygen atoms in total. The van der Waals surface area contributed by atoms with E-state index >= 15 is 0 Å². The van der Waals surface area contributed by atoms with Gasteiger partial charge in [-0.15, -0.1) is 0 Å². The Morgan fingerprint density at radius 2 is 1.79 bits per heavy atom. The molecule has 3 aromatic rings. The number of para-hydroxylation sites is 1. The van der Waals surface area contributed by atoms with Crippen LogP contribution < -0.4 is 4.74 Å². The van der Waals surface area contributed by atoms with E-state index in [0.29, 0.717) is 26.1 Å². The molecule has 33 heavy (non-hydrogen) atoms. The molecular weight excluding hydrogens is 414 g/mol. The van der Waals surface area contributed by atoms with Crippen LogP contribution in [0, 0.1) is 5.92 Å². The highest BCUT2D eigenvalue weighted by Crippen LogP contribution is 2.33. The Kier molecular flexibility index (Phi) is 7.03. The fraction of sp³-hybridized carbons (Fsp3) is 0.296. The summed E-state index contributed by atoms with van der Waals surface area (Å²) in [5, 5.41) is 0. The number of likely N-dealkylation sites (N-methyl/N-ethyl adjacent to an activating group) is 1. The number of carbonyl (C=O) groups is 2. The average molecular weight is 444 g/mol. The van der Waals surface area contributed by atoms with Crippen LogP contribution in [0.2, 0.25) is 0 Å². The van der Waals surface area contributed by atoms with Gasteiger partial charge in [-0.3, -0.25) is 14.6 Å². The van der Waals surface area contributed by atoms with E-state index in [1.807, 2.05) is 60.5 Å². The molecule has 1 aliphatic heterocycles. The molecule has 1 unspecified atom stereocenters. The molecule has 170 valence electrons. The zero-order valence-corrected chi connectivity index (χ0v) is 19.1. The summed E-state index contributed by atoms with van der Waals surface area (Å²) in [6.45, 7) is 1.47. The highest BCUT2D eigenvalue weighted by Gasteiger charge is 2.31. The van der Waals surface area contributed by atoms with Crippen molar-refractivity contribution in [3.8, 4) is 16.9 Å². The van der Waals surface area contributed by atoms with Crippen molar-refractivity contribution in [2.45, 2.75) is 12.8 Å². The Morgan fingerprint density at radius 1 is 1.03 bits per heavy atom. The van der Waals surface area contributed by atoms with Crippen LogP contribution in [-0.4, -0.2) is 60.4 Å². The lowest BCUT2D eigenvalue weighted by molar-refractivity contribution is -0.133. The van der Waals surface area contributed by atoms with E-state index in [0.717, 1.165) is 28.0 Å². The Hall–Kier alpha value is -3.67. The Balaban J connectivity index is 1.59. The Morgan fingerprint density at radius 3 is 2.55 bits per heavy atom. The van der Waals surface area contributed by atoms with E-state index in [-0.39, 0.29) is 24.2 Å². The van der Waals surface area contributed by atoms with Gasteiger partial charge in [0.2, 0.25) is 11.8 Å². The molecule has 1 aromatic heterocycles. The van der Waals surface area contributed by atoms with Gasteiger partial charge in [0.05, 0.1) is 19.4 Å². The number of methoxy groups -OCH3 is 1. The summed E-state index contributed by atoms with van der Waals surface area (Å²) in [7, 11) is 3.48. The maximum Gasteiger partial charge on any atom is 0.227 e. The van der Waals surface area contributed by atoms with Crippen LogP contribution in [0.4, 0.5) is 0 Å². The highest BCUT2D eigenvalue weighted by atomic mass is 16.5. The third-order valence-corrected chi connectivity index (χ3v) is 6.18. The van der Waals surface area contributed by atoms with Gasteiger partial charge in [-0.1, -0.05) is 48.5 Å². The molecule has 1 atom stereocenters. The maximum atomic E-state index is 13.2. The van der Waals surface area contributed by atoms with E-state index in [4.69, 9.17) is 4.74 Å². The van der Waals surface area contributed by atoms with Crippen LogP contribution in [0.15, 0.2) is 73.1 Å². The molecule has 2 heterocycles. The van der Waals surface area contributed by atoms with Crippen molar-refractivity contribution >= 4 is 11.8 Å². The predicted molar refractivity (Wildman–Crippen MR) is 128 cm³/mol. The minimum atomic E-state index is -0.314. The van der Waals surface area contributed by atoms with Gasteiger partial charge in [0, 0.05) is 44.6 Å². The first-order chi connectivity index (χ1) is 16.1. The number of aromatic nitrogens is 1. The van der Waals surface area contributed by atoms with E-state index < -0.39 is 0 Å². The van der Waals surface area contributed by atoms with Crippen LogP contribution >= 0.6 is 0 Å². The summed E-state index contributed by atoms with van der Waals surface area (Å²) in [5.41, 5.74) is 3.98. The molecule has 0 spiro atoms. The lowest BCUT2D eigenvalue weighted by atomic mass is 9.91. The van der Waals surface area contributed by atoms with Crippen molar-refractivity contribution in [1.29, 1.82) is 0 Å². The van der Waals surface area contributed by atoms with Gasteiger partial charge >= 0.3 is 0 Å². The molecule has 1 fully saturated rings. The number of hydrogen-bond acceptors (Lipinski definition) is 4. The first-order valence-corrected chi connectivity index (χ1v) is 11.2. The lowest BCUT2D eigenvalue weighted by Crippen LogP contribution is -2.38. The van der Waals surface area contributed by atoms with E-state index in [2.05, 4.69) is 17.1 Å². The minimum Gasteiger partial charge on any atom is -0.496 e. The Bertz CT molecular complexity index is 1120. The van der Waals surface area contributed by atoms with Crippen molar-refractivity contribution in [1.82, 2.24) is 14.8 Å². The second-order valence-electron chi connectivity index (χ2n) is 8.40. The van der Waals surface area contributed by atoms with Crippen molar-refractivity contribution in [3.05, 3.63) is 84.2 Å². The fourth-order valence-corrected chi connectivity index (χ4v) is 4.39. The van der Waals surface area contributed by atoms with Gasteiger partial charge in [0.1, 0.15) is 5.75 Å². The number of amides is 2. The number of ether oxygens (including phenoxy) is 1. The number of rotatable bonds is 6. The monoisotopic (exact) mass is 443 g/mol. The summed E-state index contributed by atoms with van der Waals surface area (Å²) >= 11 is 0. The quantitative estimate of drug-likeness (QED) is 0.585. The Labute approximate surface area is 194 Å². The molecule has 1 aliphatic rings. The number of pyridine rings is 1. The first kappa shape index (κ1) is 22.5. The van der Waals surface area contributed by atoms with Crippen LogP contribution in [0.25, 0.3) is 11.1 Å². The molecular formula is C27H29N3O3. The lowest BCUT2D eigenvalue weighted by Gasteiger charge is -2.24. The molecule has 2 amide bonds. The number of hydrogen-bond donors (Lipinski definition) is 0. The average Bonchev–Trinajstić information content (AvgIpc) is 2.99. The van der Waals surface area contributed by atoms with E-state index in [1.165, 1.54) is 0 Å². The van der Waals surface area contributed by atoms with Crippen molar-refractivity contribution in [3.63, 3.8) is 0 Å². The minimum absolute atomic E-state index is 0.0223. The standard InChI is InChI=1S/C27H29N3O3/c1-29-14-15-30(26(31)16-20-8-7-13-28-18-20)19-22(27(29)32)17-21-9-3-4-10-23(21)24-11-5-6-12-25(24)33-2/h3-13,18,22H,14-17,19H2,1-2H3. The van der Waals surface area contributed by atoms with Gasteiger partial charge in [-0.05, 0) is 35.2 Å². The second kappa shape index (κ2) is 10.3. The molecule has 1 saturated heterocycles. The van der Waals surface area contributed by atoms with Gasteiger partial charge < -0.3 is 14.5 Å². The second-order valence-corrected chi connectivity index (χ2v) is 8.40. The number of carbonyl (C=O) groups excluding carboxylic acids is 2. The molecule has 6 heteroatoms. The van der Waals surface area contributed by atoms with E-state index in [9.17, 15) is 9.59 Å². The molecule has 0 radical (unpaired) electrons. The van der Waals surface area contributed by atoms with Gasteiger partial charge in [0.25, 0.3) is 0 Å². The summed E-state index contributed by atoms with van der Waals surface area (Å²) < 4.78 is 5.57. The normalized spacial score (nSPS) is 16.4. The first-order valence-electron chi connectivity index (χ1n) is 11.2.